The molecule has 0 atom stereocenters. The molecular formula is C19H18FN3O4S. The van der Waals surface area contributed by atoms with Gasteiger partial charge in [-0.3, -0.25) is 4.79 Å². The third kappa shape index (κ3) is 4.80. The van der Waals surface area contributed by atoms with Crippen LogP contribution in [-0.4, -0.2) is 31.1 Å². The number of nitrogens with one attached hydrogen (secondary N) is 1. The minimum atomic E-state index is -3.85. The fraction of sp³-hybridized carbons (Fsp3) is 0.211. The summed E-state index contributed by atoms with van der Waals surface area (Å²) in [5.41, 5.74) is 1.83. The first kappa shape index (κ1) is 19.7. The summed E-state index contributed by atoms with van der Waals surface area (Å²) in [6, 6.07) is 12.3. The number of nitrogens with zero attached hydrogens (tertiary/aromatic N) is 2. The molecule has 3 rings (SSSR count). The van der Waals surface area contributed by atoms with E-state index in [-0.39, 0.29) is 30.5 Å². The molecule has 1 N–H and O–H groups in total. The number of benzene rings is 2. The molecule has 0 unspecified atom stereocenters. The summed E-state index contributed by atoms with van der Waals surface area (Å²) < 4.78 is 42.8. The molecule has 0 aliphatic carbocycles. The van der Waals surface area contributed by atoms with E-state index in [1.807, 2.05) is 19.1 Å². The fourth-order valence-electron chi connectivity index (χ4n) is 2.53. The zero-order valence-corrected chi connectivity index (χ0v) is 15.9. The molecule has 0 saturated carbocycles. The number of rotatable bonds is 7. The summed E-state index contributed by atoms with van der Waals surface area (Å²) in [4.78, 5) is 12.1. The minimum Gasteiger partial charge on any atom is -0.412 e. The number of carbonyl (C=O) groups excluding carboxylic acids is 1. The molecule has 0 aliphatic rings. The summed E-state index contributed by atoms with van der Waals surface area (Å²) in [7, 11) is -3.85. The van der Waals surface area contributed by atoms with Crippen molar-refractivity contribution < 1.29 is 22.0 Å². The Morgan fingerprint density at radius 2 is 1.82 bits per heavy atom. The molecule has 2 aromatic carbocycles. The summed E-state index contributed by atoms with van der Waals surface area (Å²) >= 11 is 0. The first-order valence-corrected chi connectivity index (χ1v) is 10.1. The third-order valence-corrected chi connectivity index (χ3v) is 5.41. The lowest BCUT2D eigenvalue weighted by Gasteiger charge is -2.06. The lowest BCUT2D eigenvalue weighted by atomic mass is 10.1. The molecule has 0 aliphatic heterocycles. The average molecular weight is 403 g/mol. The number of aryl methyl sites for hydroxylation is 1. The topological polar surface area (TPSA) is 102 Å². The quantitative estimate of drug-likeness (QED) is 0.650. The number of amides is 1. The van der Waals surface area contributed by atoms with E-state index in [4.69, 9.17) is 4.42 Å². The Morgan fingerprint density at radius 1 is 1.11 bits per heavy atom. The van der Waals surface area contributed by atoms with Crippen molar-refractivity contribution in [1.29, 1.82) is 0 Å². The summed E-state index contributed by atoms with van der Waals surface area (Å²) in [6.07, 6.45) is 0.191. The maximum Gasteiger partial charge on any atom is 0.335 e. The van der Waals surface area contributed by atoms with Crippen molar-refractivity contribution in [2.24, 2.45) is 0 Å². The zero-order chi connectivity index (χ0) is 20.1. The van der Waals surface area contributed by atoms with Crippen molar-refractivity contribution in [3.05, 3.63) is 76.9 Å². The number of carbonyl (C=O) groups is 1. The molecule has 1 aromatic heterocycles. The predicted octanol–water partition coefficient (Wildman–Crippen LogP) is 2.46. The number of halogens is 1. The predicted molar refractivity (Wildman–Crippen MR) is 98.8 cm³/mol. The van der Waals surface area contributed by atoms with Crippen LogP contribution in [0.4, 0.5) is 4.39 Å². The van der Waals surface area contributed by atoms with Crippen LogP contribution < -0.4 is 5.32 Å². The lowest BCUT2D eigenvalue weighted by Crippen LogP contribution is -2.26. The van der Waals surface area contributed by atoms with Crippen LogP contribution in [0.3, 0.4) is 0 Å². The minimum absolute atomic E-state index is 0.0998. The number of sulfone groups is 1. The maximum absolute atomic E-state index is 12.9. The first-order chi connectivity index (χ1) is 13.3. The van der Waals surface area contributed by atoms with Gasteiger partial charge in [0.25, 0.3) is 5.91 Å². The number of hydrogen-bond donors (Lipinski definition) is 1. The van der Waals surface area contributed by atoms with Gasteiger partial charge in [-0.1, -0.05) is 35.4 Å². The molecule has 0 bridgehead atoms. The van der Waals surface area contributed by atoms with Crippen molar-refractivity contribution in [2.75, 3.05) is 6.54 Å². The number of aromatic nitrogens is 2. The van der Waals surface area contributed by atoms with Crippen LogP contribution in [0.2, 0.25) is 0 Å². The van der Waals surface area contributed by atoms with Crippen LogP contribution in [-0.2, 0) is 22.0 Å². The van der Waals surface area contributed by atoms with Crippen LogP contribution in [0.25, 0.3) is 0 Å². The van der Waals surface area contributed by atoms with E-state index >= 15 is 0 Å². The molecule has 0 fully saturated rings. The molecule has 0 radical (unpaired) electrons. The molecule has 146 valence electrons. The molecule has 28 heavy (non-hydrogen) atoms. The van der Waals surface area contributed by atoms with Gasteiger partial charge in [-0.2, -0.15) is 0 Å². The SMILES string of the molecule is Cc1ccccc1C(=O)NCCc1nnc(S(=O)(=O)Cc2ccc(F)cc2)o1. The van der Waals surface area contributed by atoms with Crippen LogP contribution in [0.5, 0.6) is 0 Å². The second-order valence-corrected chi connectivity index (χ2v) is 8.04. The van der Waals surface area contributed by atoms with Gasteiger partial charge in [0.1, 0.15) is 5.82 Å². The molecule has 0 saturated heterocycles. The van der Waals surface area contributed by atoms with Gasteiger partial charge in [-0.25, -0.2) is 12.8 Å². The van der Waals surface area contributed by atoms with Crippen LogP contribution in [0.1, 0.15) is 27.4 Å². The molecule has 9 heteroatoms. The van der Waals surface area contributed by atoms with Gasteiger partial charge >= 0.3 is 5.22 Å². The maximum atomic E-state index is 12.9. The summed E-state index contributed by atoms with van der Waals surface area (Å²) in [5, 5.41) is 9.53. The Morgan fingerprint density at radius 3 is 2.54 bits per heavy atom. The van der Waals surface area contributed by atoms with Crippen LogP contribution >= 0.6 is 0 Å². The standard InChI is InChI=1S/C19H18FN3O4S/c1-13-4-2-3-5-16(13)18(24)21-11-10-17-22-23-19(27-17)28(25,26)12-14-6-8-15(20)9-7-14/h2-9H,10-12H2,1H3,(H,21,24). The number of hydrogen-bond acceptors (Lipinski definition) is 6. The zero-order valence-electron chi connectivity index (χ0n) is 15.1. The Kier molecular flexibility index (Phi) is 5.84. The van der Waals surface area contributed by atoms with E-state index in [1.54, 1.807) is 12.1 Å². The van der Waals surface area contributed by atoms with E-state index in [0.29, 0.717) is 11.1 Å². The molecule has 3 aromatic rings. The van der Waals surface area contributed by atoms with E-state index < -0.39 is 20.9 Å². The Hall–Kier alpha value is -3.07. The second-order valence-electron chi connectivity index (χ2n) is 6.17. The molecule has 1 amide bonds. The largest absolute Gasteiger partial charge is 0.412 e. The van der Waals surface area contributed by atoms with Crippen molar-refractivity contribution in [2.45, 2.75) is 24.3 Å². The monoisotopic (exact) mass is 403 g/mol. The van der Waals surface area contributed by atoms with Crippen LogP contribution in [0, 0.1) is 12.7 Å². The molecule has 0 spiro atoms. The van der Waals surface area contributed by atoms with Gasteiger partial charge in [0.2, 0.25) is 15.7 Å². The van der Waals surface area contributed by atoms with Crippen LogP contribution in [0.15, 0.2) is 58.2 Å². The van der Waals surface area contributed by atoms with Gasteiger partial charge in [0, 0.05) is 18.5 Å². The second kappa shape index (κ2) is 8.30. The highest BCUT2D eigenvalue weighted by Gasteiger charge is 2.23. The van der Waals surface area contributed by atoms with Crippen molar-refractivity contribution >= 4 is 15.7 Å². The summed E-state index contributed by atoms with van der Waals surface area (Å²) in [5.74, 6) is -0.961. The average Bonchev–Trinajstić information content (AvgIpc) is 3.14. The normalized spacial score (nSPS) is 11.4. The highest BCUT2D eigenvalue weighted by atomic mass is 32.2. The Balaban J connectivity index is 1.58. The van der Waals surface area contributed by atoms with E-state index in [1.165, 1.54) is 24.3 Å². The molecular weight excluding hydrogens is 385 g/mol. The van der Waals surface area contributed by atoms with Gasteiger partial charge in [-0.15, -0.1) is 5.10 Å². The fourth-order valence-corrected chi connectivity index (χ4v) is 3.68. The van der Waals surface area contributed by atoms with Crippen molar-refractivity contribution in [3.63, 3.8) is 0 Å². The third-order valence-electron chi connectivity index (χ3n) is 4.00. The van der Waals surface area contributed by atoms with Gasteiger partial charge in [-0.05, 0) is 36.2 Å². The molecule has 7 nitrogen and oxygen atoms in total. The van der Waals surface area contributed by atoms with E-state index in [2.05, 4.69) is 15.5 Å². The van der Waals surface area contributed by atoms with Gasteiger partial charge < -0.3 is 9.73 Å². The smallest absolute Gasteiger partial charge is 0.335 e. The summed E-state index contributed by atoms with van der Waals surface area (Å²) in [6.45, 7) is 2.05. The first-order valence-electron chi connectivity index (χ1n) is 8.48. The van der Waals surface area contributed by atoms with Gasteiger partial charge in [0.15, 0.2) is 0 Å². The van der Waals surface area contributed by atoms with E-state index in [0.717, 1.165) is 5.56 Å². The Bertz CT molecular complexity index is 1080. The lowest BCUT2D eigenvalue weighted by molar-refractivity contribution is 0.0953. The highest BCUT2D eigenvalue weighted by molar-refractivity contribution is 7.90. The van der Waals surface area contributed by atoms with Crippen molar-refractivity contribution in [1.82, 2.24) is 15.5 Å². The van der Waals surface area contributed by atoms with Crippen molar-refractivity contribution in [3.8, 4) is 0 Å². The highest BCUT2D eigenvalue weighted by Crippen LogP contribution is 2.16. The van der Waals surface area contributed by atoms with Gasteiger partial charge in [0.05, 0.1) is 5.75 Å². The Labute approximate surface area is 161 Å². The molecule has 1 heterocycles. The van der Waals surface area contributed by atoms with E-state index in [9.17, 15) is 17.6 Å².